The lowest BCUT2D eigenvalue weighted by molar-refractivity contribution is -0.384. The summed E-state index contributed by atoms with van der Waals surface area (Å²) < 4.78 is 0. The van der Waals surface area contributed by atoms with Crippen molar-refractivity contribution in [2.45, 2.75) is 6.92 Å². The molecule has 0 bridgehead atoms. The van der Waals surface area contributed by atoms with Gasteiger partial charge in [-0.15, -0.1) is 0 Å². The lowest BCUT2D eigenvalue weighted by atomic mass is 10.2. The molecule has 2 N–H and O–H groups in total. The van der Waals surface area contributed by atoms with Gasteiger partial charge in [-0.2, -0.15) is 0 Å². The van der Waals surface area contributed by atoms with Gasteiger partial charge in [-0.25, -0.2) is 0 Å². The Balaban J connectivity index is 2.20. The quantitative estimate of drug-likeness (QED) is 0.398. The van der Waals surface area contributed by atoms with E-state index in [1.54, 1.807) is 25.4 Å². The molecule has 1 aromatic heterocycles. The maximum Gasteiger partial charge on any atom is 0.275 e. The van der Waals surface area contributed by atoms with Crippen molar-refractivity contribution in [1.29, 1.82) is 0 Å². The molecule has 2 aromatic rings. The van der Waals surface area contributed by atoms with Gasteiger partial charge in [0.25, 0.3) is 5.69 Å². The summed E-state index contributed by atoms with van der Waals surface area (Å²) >= 11 is 0. The molecule has 0 spiro atoms. The number of aromatic nitrogens is 1. The third kappa shape index (κ3) is 3.29. The van der Waals surface area contributed by atoms with Crippen LogP contribution in [-0.4, -0.2) is 15.6 Å². The first kappa shape index (κ1) is 13.5. The second-order valence-electron chi connectivity index (χ2n) is 4.03. The van der Waals surface area contributed by atoms with Crippen LogP contribution in [0, 0.1) is 10.1 Å². The van der Waals surface area contributed by atoms with Crippen molar-refractivity contribution in [3.63, 3.8) is 0 Å². The fourth-order valence-electron chi connectivity index (χ4n) is 1.51. The number of nitrogens with two attached hydrogens (primary N) is 1. The van der Waals surface area contributed by atoms with Crippen molar-refractivity contribution < 1.29 is 9.76 Å². The first-order valence-electron chi connectivity index (χ1n) is 5.73. The van der Waals surface area contributed by atoms with E-state index in [4.69, 9.17) is 10.6 Å². The molecule has 0 fully saturated rings. The smallest absolute Gasteiger partial charge is 0.275 e. The van der Waals surface area contributed by atoms with E-state index in [2.05, 4.69) is 10.1 Å². The van der Waals surface area contributed by atoms with E-state index < -0.39 is 4.92 Å². The zero-order valence-electron chi connectivity index (χ0n) is 10.7. The molecule has 0 aliphatic rings. The molecule has 0 aliphatic carbocycles. The van der Waals surface area contributed by atoms with E-state index >= 15 is 0 Å². The summed E-state index contributed by atoms with van der Waals surface area (Å²) in [6.07, 6.45) is 3.29. The number of pyridine rings is 1. The van der Waals surface area contributed by atoms with Crippen LogP contribution in [0.4, 0.5) is 11.4 Å². The van der Waals surface area contributed by atoms with Crippen molar-refractivity contribution in [2.24, 2.45) is 5.16 Å². The Bertz CT molecular complexity index is 656. The summed E-state index contributed by atoms with van der Waals surface area (Å²) in [5, 5.41) is 14.6. The Hall–Kier alpha value is -2.96. The van der Waals surface area contributed by atoms with Gasteiger partial charge in [0.1, 0.15) is 0 Å². The van der Waals surface area contributed by atoms with Crippen LogP contribution >= 0.6 is 0 Å². The SMILES string of the molecule is CC(=NOc1cc(N)cc([N+](=O)[O-])c1)c1cccnc1. The van der Waals surface area contributed by atoms with Crippen molar-refractivity contribution in [3.8, 4) is 5.75 Å². The van der Waals surface area contributed by atoms with E-state index in [1.165, 1.54) is 18.2 Å². The maximum atomic E-state index is 10.7. The molecule has 7 nitrogen and oxygen atoms in total. The minimum atomic E-state index is -0.541. The van der Waals surface area contributed by atoms with Crippen LogP contribution in [0.15, 0.2) is 47.9 Å². The van der Waals surface area contributed by atoms with Gasteiger partial charge < -0.3 is 10.6 Å². The topological polar surface area (TPSA) is 104 Å². The molecule has 1 aromatic carbocycles. The molecular formula is C13H12N4O3. The summed E-state index contributed by atoms with van der Waals surface area (Å²) in [6, 6.07) is 7.59. The van der Waals surface area contributed by atoms with Gasteiger partial charge in [0.05, 0.1) is 16.7 Å². The van der Waals surface area contributed by atoms with Crippen LogP contribution in [0.5, 0.6) is 5.75 Å². The largest absolute Gasteiger partial charge is 0.398 e. The van der Waals surface area contributed by atoms with Gasteiger partial charge in [-0.1, -0.05) is 5.16 Å². The first-order chi connectivity index (χ1) is 9.56. The summed E-state index contributed by atoms with van der Waals surface area (Å²) in [4.78, 5) is 19.3. The Morgan fingerprint density at radius 3 is 2.90 bits per heavy atom. The van der Waals surface area contributed by atoms with Gasteiger partial charge in [-0.05, 0) is 19.1 Å². The fourth-order valence-corrected chi connectivity index (χ4v) is 1.51. The number of anilines is 1. The molecule has 1 heterocycles. The monoisotopic (exact) mass is 272 g/mol. The molecular weight excluding hydrogens is 260 g/mol. The zero-order valence-corrected chi connectivity index (χ0v) is 10.7. The predicted octanol–water partition coefficient (Wildman–Crippen LogP) is 2.38. The lowest BCUT2D eigenvalue weighted by Gasteiger charge is -2.03. The molecule has 102 valence electrons. The van der Waals surface area contributed by atoms with Gasteiger partial charge in [0.2, 0.25) is 0 Å². The standard InChI is InChI=1S/C13H12N4O3/c1-9(10-3-2-4-15-8-10)16-20-13-6-11(14)5-12(7-13)17(18)19/h2-8H,14H2,1H3. The average Bonchev–Trinajstić information content (AvgIpc) is 2.45. The lowest BCUT2D eigenvalue weighted by Crippen LogP contribution is -1.99. The summed E-state index contributed by atoms with van der Waals surface area (Å²) in [6.45, 7) is 1.75. The number of benzene rings is 1. The molecule has 0 saturated heterocycles. The average molecular weight is 272 g/mol. The fraction of sp³-hybridized carbons (Fsp3) is 0.0769. The molecule has 7 heteroatoms. The second kappa shape index (κ2) is 5.79. The zero-order chi connectivity index (χ0) is 14.5. The molecule has 0 amide bonds. The highest BCUT2D eigenvalue weighted by Crippen LogP contribution is 2.24. The first-order valence-corrected chi connectivity index (χ1v) is 5.73. The minimum Gasteiger partial charge on any atom is -0.398 e. The number of nitrogen functional groups attached to an aromatic ring is 1. The Morgan fingerprint density at radius 1 is 1.45 bits per heavy atom. The molecule has 2 rings (SSSR count). The number of rotatable bonds is 4. The summed E-state index contributed by atoms with van der Waals surface area (Å²) in [7, 11) is 0. The van der Waals surface area contributed by atoms with Crippen LogP contribution in [0.1, 0.15) is 12.5 Å². The molecule has 0 aliphatic heterocycles. The van der Waals surface area contributed by atoms with Crippen molar-refractivity contribution in [2.75, 3.05) is 5.73 Å². The van der Waals surface area contributed by atoms with Crippen molar-refractivity contribution >= 4 is 17.1 Å². The third-order valence-corrected chi connectivity index (χ3v) is 2.49. The summed E-state index contributed by atoms with van der Waals surface area (Å²) in [5.41, 5.74) is 7.06. The molecule has 0 saturated carbocycles. The van der Waals surface area contributed by atoms with Crippen LogP contribution in [0.25, 0.3) is 0 Å². The van der Waals surface area contributed by atoms with Gasteiger partial charge >= 0.3 is 0 Å². The molecule has 0 radical (unpaired) electrons. The van der Waals surface area contributed by atoms with E-state index in [1.807, 2.05) is 6.07 Å². The normalized spacial score (nSPS) is 11.2. The Kier molecular flexibility index (Phi) is 3.90. The number of non-ortho nitro benzene ring substituents is 1. The van der Waals surface area contributed by atoms with Gasteiger partial charge in [0, 0.05) is 35.8 Å². The number of nitro groups is 1. The van der Waals surface area contributed by atoms with Crippen LogP contribution in [-0.2, 0) is 0 Å². The maximum absolute atomic E-state index is 10.7. The molecule has 0 unspecified atom stereocenters. The second-order valence-corrected chi connectivity index (χ2v) is 4.03. The van der Waals surface area contributed by atoms with Gasteiger partial charge in [-0.3, -0.25) is 15.1 Å². The minimum absolute atomic E-state index is 0.144. The Morgan fingerprint density at radius 2 is 2.25 bits per heavy atom. The van der Waals surface area contributed by atoms with E-state index in [0.29, 0.717) is 5.71 Å². The van der Waals surface area contributed by atoms with E-state index in [0.717, 1.165) is 5.56 Å². The highest BCUT2D eigenvalue weighted by atomic mass is 16.6. The number of nitrogens with zero attached hydrogens (tertiary/aromatic N) is 3. The van der Waals surface area contributed by atoms with Crippen molar-refractivity contribution in [3.05, 3.63) is 58.4 Å². The van der Waals surface area contributed by atoms with Crippen LogP contribution in [0.3, 0.4) is 0 Å². The number of hydrogen-bond donors (Lipinski definition) is 1. The Labute approximate surface area is 114 Å². The summed E-state index contributed by atoms with van der Waals surface area (Å²) in [5.74, 6) is 0.208. The molecule has 0 atom stereocenters. The number of oxime groups is 1. The van der Waals surface area contributed by atoms with E-state index in [-0.39, 0.29) is 17.1 Å². The van der Waals surface area contributed by atoms with Gasteiger partial charge in [0.15, 0.2) is 5.75 Å². The highest BCUT2D eigenvalue weighted by Gasteiger charge is 2.09. The van der Waals surface area contributed by atoms with E-state index in [9.17, 15) is 10.1 Å². The number of hydrogen-bond acceptors (Lipinski definition) is 6. The predicted molar refractivity (Wildman–Crippen MR) is 74.6 cm³/mol. The van der Waals surface area contributed by atoms with Crippen molar-refractivity contribution in [1.82, 2.24) is 4.98 Å². The highest BCUT2D eigenvalue weighted by molar-refractivity contribution is 5.98. The van der Waals surface area contributed by atoms with Crippen LogP contribution in [0.2, 0.25) is 0 Å². The third-order valence-electron chi connectivity index (χ3n) is 2.49. The number of nitro benzene ring substituents is 1. The molecule has 20 heavy (non-hydrogen) atoms. The van der Waals surface area contributed by atoms with Crippen LogP contribution < -0.4 is 10.6 Å².